The molecule has 7 heteroatoms. The maximum atomic E-state index is 12.3. The van der Waals surface area contributed by atoms with E-state index in [9.17, 15) is 13.2 Å². The number of nitrogens with one attached hydrogen (secondary N) is 1. The summed E-state index contributed by atoms with van der Waals surface area (Å²) in [6.07, 6.45) is 1.81. The number of hydrogen-bond acceptors (Lipinski definition) is 3. The van der Waals surface area contributed by atoms with Gasteiger partial charge < -0.3 is 5.32 Å². The van der Waals surface area contributed by atoms with Crippen molar-refractivity contribution in [2.75, 3.05) is 17.1 Å². The van der Waals surface area contributed by atoms with E-state index in [0.717, 1.165) is 17.4 Å². The third-order valence-corrected chi connectivity index (χ3v) is 6.30. The molecule has 0 heterocycles. The number of carbonyl (C=O) groups excluding carboxylic acids is 1. The van der Waals surface area contributed by atoms with E-state index in [1.54, 1.807) is 25.1 Å². The van der Waals surface area contributed by atoms with Gasteiger partial charge in [0, 0.05) is 18.0 Å². The number of hydrogen-bond donors (Lipinski definition) is 1. The van der Waals surface area contributed by atoms with Crippen molar-refractivity contribution in [3.63, 3.8) is 0 Å². The summed E-state index contributed by atoms with van der Waals surface area (Å²) in [6, 6.07) is 13.0. The highest BCUT2D eigenvalue weighted by Crippen LogP contribution is 2.28. The van der Waals surface area contributed by atoms with Gasteiger partial charge in [0.1, 0.15) is 0 Å². The smallest absolute Gasteiger partial charge is 0.232 e. The molecule has 0 spiro atoms. The van der Waals surface area contributed by atoms with Crippen LogP contribution in [0.15, 0.2) is 42.5 Å². The lowest BCUT2D eigenvalue weighted by Gasteiger charge is -2.24. The SMILES string of the molecule is Cc1ccccc1C(C)NC(=O)CCCN(c1cccc(Cl)c1C)S(C)(=O)=O. The molecule has 0 saturated carbocycles. The van der Waals surface area contributed by atoms with Crippen LogP contribution < -0.4 is 9.62 Å². The van der Waals surface area contributed by atoms with Gasteiger partial charge in [0.05, 0.1) is 18.0 Å². The molecule has 5 nitrogen and oxygen atoms in total. The zero-order valence-electron chi connectivity index (χ0n) is 16.7. The summed E-state index contributed by atoms with van der Waals surface area (Å²) >= 11 is 6.14. The summed E-state index contributed by atoms with van der Waals surface area (Å²) in [5, 5.41) is 3.49. The lowest BCUT2D eigenvalue weighted by molar-refractivity contribution is -0.121. The van der Waals surface area contributed by atoms with Crippen molar-refractivity contribution in [3.05, 3.63) is 64.2 Å². The van der Waals surface area contributed by atoms with Gasteiger partial charge in [0.2, 0.25) is 15.9 Å². The second-order valence-corrected chi connectivity index (χ2v) is 9.28. The molecule has 0 aliphatic carbocycles. The highest BCUT2D eigenvalue weighted by atomic mass is 35.5. The van der Waals surface area contributed by atoms with Gasteiger partial charge >= 0.3 is 0 Å². The van der Waals surface area contributed by atoms with Crippen LogP contribution in [0.25, 0.3) is 0 Å². The highest BCUT2D eigenvalue weighted by Gasteiger charge is 2.20. The van der Waals surface area contributed by atoms with Gasteiger partial charge in [0.25, 0.3) is 0 Å². The fourth-order valence-electron chi connectivity index (χ4n) is 3.18. The molecule has 1 N–H and O–H groups in total. The number of sulfonamides is 1. The van der Waals surface area contributed by atoms with Gasteiger partial charge in [-0.15, -0.1) is 0 Å². The number of nitrogens with zero attached hydrogens (tertiary/aromatic N) is 1. The lowest BCUT2D eigenvalue weighted by Crippen LogP contribution is -2.33. The first-order valence-corrected chi connectivity index (χ1v) is 11.4. The zero-order chi connectivity index (χ0) is 20.9. The van der Waals surface area contributed by atoms with Gasteiger partial charge in [-0.2, -0.15) is 0 Å². The van der Waals surface area contributed by atoms with Crippen molar-refractivity contribution in [1.29, 1.82) is 0 Å². The number of anilines is 1. The van der Waals surface area contributed by atoms with Crippen LogP contribution in [0.1, 0.15) is 42.5 Å². The summed E-state index contributed by atoms with van der Waals surface area (Å²) in [4.78, 5) is 12.3. The van der Waals surface area contributed by atoms with Crippen molar-refractivity contribution in [2.45, 2.75) is 39.7 Å². The molecule has 2 aromatic rings. The van der Waals surface area contributed by atoms with Crippen LogP contribution in [0.4, 0.5) is 5.69 Å². The summed E-state index contributed by atoms with van der Waals surface area (Å²) < 4.78 is 25.8. The fourth-order valence-corrected chi connectivity index (χ4v) is 4.36. The zero-order valence-corrected chi connectivity index (χ0v) is 18.3. The molecule has 0 aromatic heterocycles. The Labute approximate surface area is 172 Å². The van der Waals surface area contributed by atoms with E-state index in [1.807, 2.05) is 38.1 Å². The number of rotatable bonds is 8. The minimum Gasteiger partial charge on any atom is -0.350 e. The molecule has 1 unspecified atom stereocenters. The van der Waals surface area contributed by atoms with Crippen molar-refractivity contribution >= 4 is 33.2 Å². The molecule has 0 radical (unpaired) electrons. The predicted molar refractivity (Wildman–Crippen MR) is 115 cm³/mol. The minimum absolute atomic E-state index is 0.102. The molecule has 152 valence electrons. The highest BCUT2D eigenvalue weighted by molar-refractivity contribution is 7.92. The first kappa shape index (κ1) is 22.2. The Balaban J connectivity index is 2.00. The Morgan fingerprint density at radius 2 is 1.82 bits per heavy atom. The first-order valence-electron chi connectivity index (χ1n) is 9.19. The van der Waals surface area contributed by atoms with E-state index in [4.69, 9.17) is 11.6 Å². The number of carbonyl (C=O) groups is 1. The van der Waals surface area contributed by atoms with Crippen LogP contribution in [0.2, 0.25) is 5.02 Å². The maximum Gasteiger partial charge on any atom is 0.232 e. The van der Waals surface area contributed by atoms with E-state index in [1.165, 1.54) is 4.31 Å². The molecule has 0 fully saturated rings. The van der Waals surface area contributed by atoms with E-state index in [-0.39, 0.29) is 24.9 Å². The predicted octanol–water partition coefficient (Wildman–Crippen LogP) is 4.38. The minimum atomic E-state index is -3.48. The Kier molecular flexibility index (Phi) is 7.49. The standard InChI is InChI=1S/C21H27ClN2O3S/c1-15-9-5-6-10-18(15)17(3)23-21(25)13-8-14-24(28(4,26)27)20-12-7-11-19(22)16(20)2/h5-7,9-12,17H,8,13-14H2,1-4H3,(H,23,25). The molecule has 2 aromatic carbocycles. The third-order valence-electron chi connectivity index (χ3n) is 4.71. The second-order valence-electron chi connectivity index (χ2n) is 6.97. The second kappa shape index (κ2) is 9.43. The number of amides is 1. The van der Waals surface area contributed by atoms with E-state index in [0.29, 0.717) is 22.7 Å². The molecule has 0 saturated heterocycles. The molecule has 2 rings (SSSR count). The third kappa shape index (κ3) is 5.72. The van der Waals surface area contributed by atoms with Crippen molar-refractivity contribution in [1.82, 2.24) is 5.32 Å². The number of benzene rings is 2. The van der Waals surface area contributed by atoms with Crippen LogP contribution in [0.3, 0.4) is 0 Å². The molecule has 1 amide bonds. The van der Waals surface area contributed by atoms with Crippen molar-refractivity contribution in [3.8, 4) is 0 Å². The van der Waals surface area contributed by atoms with E-state index >= 15 is 0 Å². The quantitative estimate of drug-likeness (QED) is 0.686. The monoisotopic (exact) mass is 422 g/mol. The Bertz CT molecular complexity index is 944. The van der Waals surface area contributed by atoms with Gasteiger partial charge in [-0.1, -0.05) is 41.9 Å². The summed E-state index contributed by atoms with van der Waals surface area (Å²) in [5.41, 5.74) is 3.44. The summed E-state index contributed by atoms with van der Waals surface area (Å²) in [5.74, 6) is -0.105. The van der Waals surface area contributed by atoms with Crippen LogP contribution in [-0.4, -0.2) is 27.1 Å². The van der Waals surface area contributed by atoms with Crippen molar-refractivity contribution in [2.24, 2.45) is 0 Å². The van der Waals surface area contributed by atoms with E-state index in [2.05, 4.69) is 5.32 Å². The first-order chi connectivity index (χ1) is 13.1. The van der Waals surface area contributed by atoms with Gasteiger partial charge in [0.15, 0.2) is 0 Å². The Morgan fingerprint density at radius 1 is 1.14 bits per heavy atom. The normalized spacial score (nSPS) is 12.5. The number of halogens is 1. The van der Waals surface area contributed by atoms with Crippen LogP contribution in [0.5, 0.6) is 0 Å². The van der Waals surface area contributed by atoms with Crippen molar-refractivity contribution < 1.29 is 13.2 Å². The summed E-state index contributed by atoms with van der Waals surface area (Å²) in [7, 11) is -3.48. The van der Waals surface area contributed by atoms with Crippen LogP contribution in [0, 0.1) is 13.8 Å². The van der Waals surface area contributed by atoms with Gasteiger partial charge in [-0.05, 0) is 56.0 Å². The molecule has 0 aliphatic rings. The fraction of sp³-hybridized carbons (Fsp3) is 0.381. The molecule has 0 bridgehead atoms. The Morgan fingerprint density at radius 3 is 2.46 bits per heavy atom. The maximum absolute atomic E-state index is 12.3. The average Bonchev–Trinajstić information content (AvgIpc) is 2.61. The number of aryl methyl sites for hydroxylation is 1. The molecular weight excluding hydrogens is 396 g/mol. The topological polar surface area (TPSA) is 66.5 Å². The molecule has 28 heavy (non-hydrogen) atoms. The lowest BCUT2D eigenvalue weighted by atomic mass is 10.0. The molecule has 0 aliphatic heterocycles. The van der Waals surface area contributed by atoms with Crippen LogP contribution in [-0.2, 0) is 14.8 Å². The van der Waals surface area contributed by atoms with E-state index < -0.39 is 10.0 Å². The van der Waals surface area contributed by atoms with Crippen LogP contribution >= 0.6 is 11.6 Å². The Hall–Kier alpha value is -2.05. The largest absolute Gasteiger partial charge is 0.350 e. The van der Waals surface area contributed by atoms with Gasteiger partial charge in [-0.3, -0.25) is 9.10 Å². The average molecular weight is 423 g/mol. The molecule has 1 atom stereocenters. The molecular formula is C21H27ClN2O3S. The van der Waals surface area contributed by atoms with Gasteiger partial charge in [-0.25, -0.2) is 8.42 Å². The summed E-state index contributed by atoms with van der Waals surface area (Å²) in [6.45, 7) is 5.95.